The van der Waals surface area contributed by atoms with Crippen LogP contribution in [-0.4, -0.2) is 44.8 Å². The van der Waals surface area contributed by atoms with E-state index in [0.717, 1.165) is 0 Å². The Morgan fingerprint density at radius 1 is 1.38 bits per heavy atom. The normalized spacial score (nSPS) is 11.1. The lowest BCUT2D eigenvalue weighted by molar-refractivity contribution is 0.588. The fraction of sp³-hybridized carbons (Fsp3) is 0.500. The molecule has 0 fully saturated rings. The molecule has 0 unspecified atom stereocenters. The zero-order chi connectivity index (χ0) is 12.0. The monoisotopic (exact) mass is 245 g/mol. The number of hydrogen-bond acceptors (Lipinski definition) is 6. The maximum Gasteiger partial charge on any atom is 0.224 e. The van der Waals surface area contributed by atoms with Gasteiger partial charge in [0.15, 0.2) is 0 Å². The summed E-state index contributed by atoms with van der Waals surface area (Å²) in [6, 6.07) is 1.67. The first-order valence-electron chi connectivity index (χ1n) is 4.73. The van der Waals surface area contributed by atoms with Crippen LogP contribution in [0.3, 0.4) is 0 Å². The maximum atomic E-state index is 11.1. The second kappa shape index (κ2) is 5.61. The summed E-state index contributed by atoms with van der Waals surface area (Å²) in [4.78, 5) is 8.03. The van der Waals surface area contributed by atoms with Crippen LogP contribution in [0, 0.1) is 0 Å². The predicted molar refractivity (Wildman–Crippen MR) is 62.9 cm³/mol. The standard InChI is InChI=1S/C8H15N5O2S/c1-9-8-12-4-3-7(13-8)11-5-6-16(14,15)10-2/h3-4,10H,5-6H2,1-2H3,(H2,9,11,12,13). The Hall–Kier alpha value is -1.41. The molecule has 90 valence electrons. The topological polar surface area (TPSA) is 96.0 Å². The summed E-state index contributed by atoms with van der Waals surface area (Å²) < 4.78 is 24.5. The van der Waals surface area contributed by atoms with Crippen LogP contribution >= 0.6 is 0 Å². The van der Waals surface area contributed by atoms with Gasteiger partial charge in [-0.3, -0.25) is 0 Å². The van der Waals surface area contributed by atoms with Crippen molar-refractivity contribution in [1.29, 1.82) is 0 Å². The minimum absolute atomic E-state index is 0.00237. The van der Waals surface area contributed by atoms with Crippen LogP contribution in [0.5, 0.6) is 0 Å². The van der Waals surface area contributed by atoms with Gasteiger partial charge in [-0.15, -0.1) is 0 Å². The van der Waals surface area contributed by atoms with Crippen LogP contribution in [0.2, 0.25) is 0 Å². The predicted octanol–water partition coefficient (Wildman–Crippen LogP) is -0.521. The summed E-state index contributed by atoms with van der Waals surface area (Å²) in [7, 11) is -0.0760. The molecule has 0 radical (unpaired) electrons. The molecule has 1 aromatic heterocycles. The first kappa shape index (κ1) is 12.7. The van der Waals surface area contributed by atoms with Gasteiger partial charge in [-0.2, -0.15) is 4.98 Å². The van der Waals surface area contributed by atoms with Crippen molar-refractivity contribution >= 4 is 21.8 Å². The molecule has 16 heavy (non-hydrogen) atoms. The Balaban J connectivity index is 2.49. The van der Waals surface area contributed by atoms with Gasteiger partial charge in [0.1, 0.15) is 5.82 Å². The van der Waals surface area contributed by atoms with E-state index in [4.69, 9.17) is 0 Å². The van der Waals surface area contributed by atoms with E-state index in [-0.39, 0.29) is 5.75 Å². The molecule has 0 aliphatic carbocycles. The van der Waals surface area contributed by atoms with E-state index in [9.17, 15) is 8.42 Å². The van der Waals surface area contributed by atoms with Gasteiger partial charge in [0.2, 0.25) is 16.0 Å². The van der Waals surface area contributed by atoms with E-state index >= 15 is 0 Å². The van der Waals surface area contributed by atoms with Crippen LogP contribution in [-0.2, 0) is 10.0 Å². The minimum atomic E-state index is -3.18. The third kappa shape index (κ3) is 3.99. The molecule has 0 amide bonds. The molecule has 0 aromatic carbocycles. The molecule has 0 spiro atoms. The molecule has 0 aliphatic heterocycles. The van der Waals surface area contributed by atoms with Crippen molar-refractivity contribution in [2.45, 2.75) is 0 Å². The lowest BCUT2D eigenvalue weighted by Gasteiger charge is -2.06. The number of hydrogen-bond donors (Lipinski definition) is 3. The molecule has 1 rings (SSSR count). The van der Waals surface area contributed by atoms with Crippen LogP contribution in [0.15, 0.2) is 12.3 Å². The number of anilines is 2. The van der Waals surface area contributed by atoms with Gasteiger partial charge in [-0.05, 0) is 13.1 Å². The third-order valence-electron chi connectivity index (χ3n) is 1.87. The van der Waals surface area contributed by atoms with Crippen LogP contribution < -0.4 is 15.4 Å². The number of nitrogens with zero attached hydrogens (tertiary/aromatic N) is 2. The third-order valence-corrected chi connectivity index (χ3v) is 3.23. The average Bonchev–Trinajstić information content (AvgIpc) is 2.29. The molecule has 7 nitrogen and oxygen atoms in total. The Bertz CT molecular complexity index is 434. The molecule has 8 heteroatoms. The number of sulfonamides is 1. The smallest absolute Gasteiger partial charge is 0.224 e. The SMILES string of the molecule is CNc1nccc(NCCS(=O)(=O)NC)n1. The van der Waals surface area contributed by atoms with Crippen molar-refractivity contribution < 1.29 is 8.42 Å². The zero-order valence-electron chi connectivity index (χ0n) is 9.19. The lowest BCUT2D eigenvalue weighted by atomic mass is 10.5. The van der Waals surface area contributed by atoms with Gasteiger partial charge in [-0.1, -0.05) is 0 Å². The molecule has 1 heterocycles. The molecule has 0 saturated heterocycles. The summed E-state index contributed by atoms with van der Waals surface area (Å²) >= 11 is 0. The van der Waals surface area contributed by atoms with E-state index in [2.05, 4.69) is 25.3 Å². The van der Waals surface area contributed by atoms with E-state index in [1.165, 1.54) is 7.05 Å². The highest BCUT2D eigenvalue weighted by Crippen LogP contribution is 2.04. The highest BCUT2D eigenvalue weighted by Gasteiger charge is 2.06. The van der Waals surface area contributed by atoms with E-state index in [0.29, 0.717) is 18.3 Å². The van der Waals surface area contributed by atoms with Gasteiger partial charge < -0.3 is 10.6 Å². The molecule has 0 aliphatic rings. The second-order valence-corrected chi connectivity index (χ2v) is 5.01. The van der Waals surface area contributed by atoms with Crippen LogP contribution in [0.1, 0.15) is 0 Å². The number of rotatable bonds is 6. The van der Waals surface area contributed by atoms with Gasteiger partial charge in [0.05, 0.1) is 5.75 Å². The van der Waals surface area contributed by atoms with Crippen molar-refractivity contribution in [3.63, 3.8) is 0 Å². The number of nitrogens with one attached hydrogen (secondary N) is 3. The summed E-state index contributed by atoms with van der Waals surface area (Å²) in [6.45, 7) is 0.295. The molecule has 3 N–H and O–H groups in total. The highest BCUT2D eigenvalue weighted by molar-refractivity contribution is 7.89. The Labute approximate surface area is 94.7 Å². The van der Waals surface area contributed by atoms with E-state index in [1.54, 1.807) is 19.3 Å². The molecular weight excluding hydrogens is 230 g/mol. The zero-order valence-corrected chi connectivity index (χ0v) is 10.0. The summed E-state index contributed by atoms with van der Waals surface area (Å²) in [5.41, 5.74) is 0. The highest BCUT2D eigenvalue weighted by atomic mass is 32.2. The van der Waals surface area contributed by atoms with Gasteiger partial charge in [0.25, 0.3) is 0 Å². The molecule has 0 saturated carbocycles. The van der Waals surface area contributed by atoms with Crippen molar-refractivity contribution in [2.24, 2.45) is 0 Å². The van der Waals surface area contributed by atoms with Crippen LogP contribution in [0.4, 0.5) is 11.8 Å². The maximum absolute atomic E-state index is 11.1. The lowest BCUT2D eigenvalue weighted by Crippen LogP contribution is -2.26. The fourth-order valence-corrected chi connectivity index (χ4v) is 1.57. The first-order chi connectivity index (χ1) is 7.57. The molecule has 0 atom stereocenters. The van der Waals surface area contributed by atoms with Crippen molar-refractivity contribution in [3.05, 3.63) is 12.3 Å². The van der Waals surface area contributed by atoms with Gasteiger partial charge in [-0.25, -0.2) is 18.1 Å². The van der Waals surface area contributed by atoms with Crippen molar-refractivity contribution in [3.8, 4) is 0 Å². The largest absolute Gasteiger partial charge is 0.369 e. The molecule has 0 bridgehead atoms. The van der Waals surface area contributed by atoms with E-state index in [1.807, 2.05) is 0 Å². The second-order valence-electron chi connectivity index (χ2n) is 2.97. The van der Waals surface area contributed by atoms with E-state index < -0.39 is 10.0 Å². The quantitative estimate of drug-likeness (QED) is 0.624. The minimum Gasteiger partial charge on any atom is -0.369 e. The summed E-state index contributed by atoms with van der Waals surface area (Å²) in [5, 5.41) is 5.69. The number of aromatic nitrogens is 2. The summed E-state index contributed by atoms with van der Waals surface area (Å²) in [5.74, 6) is 1.08. The van der Waals surface area contributed by atoms with Gasteiger partial charge >= 0.3 is 0 Å². The molecule has 1 aromatic rings. The molecular formula is C8H15N5O2S. The van der Waals surface area contributed by atoms with Crippen molar-refractivity contribution in [1.82, 2.24) is 14.7 Å². The average molecular weight is 245 g/mol. The van der Waals surface area contributed by atoms with Gasteiger partial charge in [0, 0.05) is 19.8 Å². The van der Waals surface area contributed by atoms with Crippen molar-refractivity contribution in [2.75, 3.05) is 37.0 Å². The van der Waals surface area contributed by atoms with Crippen LogP contribution in [0.25, 0.3) is 0 Å². The fourth-order valence-electron chi connectivity index (χ4n) is 0.993. The Morgan fingerprint density at radius 3 is 2.75 bits per heavy atom. The first-order valence-corrected chi connectivity index (χ1v) is 6.38. The summed E-state index contributed by atoms with van der Waals surface area (Å²) in [6.07, 6.45) is 1.59. The Kier molecular flexibility index (Phi) is 4.44. The Morgan fingerprint density at radius 2 is 2.12 bits per heavy atom.